The standard InChI is InChI=1S/C19H38Cl2N4.C12H24Cl2N4.2Mn/c1-5-6-7-18-16-23(4)8-10-24-11-13-25(19(18,20)21)12-9-22(3)14-17(2)15-24;13-17-5-1-3-15-7-8-16(10-11-17)4-2-6-18(14)12-9-15;;/h17-18H,5-16H2,1-4H3;1-12H2;;/q;;2*+2. The van der Waals surface area contributed by atoms with E-state index >= 15 is 0 Å². The van der Waals surface area contributed by atoms with Crippen molar-refractivity contribution in [2.24, 2.45) is 11.8 Å². The fraction of sp³-hybridized carbons (Fsp3) is 1.00. The van der Waals surface area contributed by atoms with E-state index in [1.165, 1.54) is 12.8 Å². The van der Waals surface area contributed by atoms with E-state index in [9.17, 15) is 0 Å². The Balaban J connectivity index is 0.000000451. The molecule has 0 aromatic heterocycles. The van der Waals surface area contributed by atoms with Crippen LogP contribution in [0.15, 0.2) is 0 Å². The number of fused-ring (bicyclic) bond motifs is 6. The summed E-state index contributed by atoms with van der Waals surface area (Å²) in [6.45, 7) is 24.7. The van der Waals surface area contributed by atoms with Crippen molar-refractivity contribution in [1.29, 1.82) is 0 Å². The Bertz CT molecular complexity index is 740. The SMILES string of the molecule is CCCCC1CN(C)CCN2CCN(CCN(C)CC(C)C2)C1(Cl)Cl.ClN1CCCN2CCN(Cl)CCCN(CC1)CC2.[Mn+2].[Mn+2]. The normalized spacial score (nSPS) is 33.9. The average molecular weight is 799 g/mol. The first kappa shape index (κ1) is 44.9. The molecule has 4 aliphatic heterocycles. The van der Waals surface area contributed by atoms with Gasteiger partial charge in [0.05, 0.1) is 0 Å². The molecule has 14 heteroatoms. The second-order valence-electron chi connectivity index (χ2n) is 13.6. The van der Waals surface area contributed by atoms with Gasteiger partial charge in [-0.3, -0.25) is 4.90 Å². The van der Waals surface area contributed by atoms with Gasteiger partial charge in [0.15, 0.2) is 4.46 Å². The van der Waals surface area contributed by atoms with Gasteiger partial charge < -0.3 is 24.5 Å². The zero-order valence-corrected chi connectivity index (χ0v) is 33.9. The van der Waals surface area contributed by atoms with Crippen molar-refractivity contribution in [3.63, 3.8) is 0 Å². The molecule has 6 atom stereocenters. The summed E-state index contributed by atoms with van der Waals surface area (Å²) in [5.74, 6) is 0.985. The summed E-state index contributed by atoms with van der Waals surface area (Å²) in [5, 5.41) is 0. The van der Waals surface area contributed by atoms with Gasteiger partial charge in [-0.05, 0) is 75.9 Å². The van der Waals surface area contributed by atoms with E-state index in [-0.39, 0.29) is 34.1 Å². The van der Waals surface area contributed by atoms with Crippen LogP contribution < -0.4 is 0 Å². The van der Waals surface area contributed by atoms with Gasteiger partial charge in [-0.15, -0.1) is 0 Å². The summed E-state index contributed by atoms with van der Waals surface area (Å²) < 4.78 is 3.10. The van der Waals surface area contributed by atoms with Crippen LogP contribution in [0.25, 0.3) is 0 Å². The molecule has 2 radical (unpaired) electrons. The Kier molecular flexibility index (Phi) is 24.1. The number of alkyl halides is 2. The van der Waals surface area contributed by atoms with Crippen molar-refractivity contribution in [3.8, 4) is 0 Å². The second kappa shape index (κ2) is 24.1. The fourth-order valence-corrected chi connectivity index (χ4v) is 7.94. The molecule has 0 saturated carbocycles. The predicted octanol–water partition coefficient (Wildman–Crippen LogP) is 4.36. The fourth-order valence-electron chi connectivity index (χ4n) is 6.85. The van der Waals surface area contributed by atoms with Crippen LogP contribution in [0.5, 0.6) is 0 Å². The van der Waals surface area contributed by atoms with E-state index in [2.05, 4.69) is 57.3 Å². The zero-order valence-electron chi connectivity index (χ0n) is 28.5. The Hall–Kier alpha value is 1.88. The summed E-state index contributed by atoms with van der Waals surface area (Å²) in [5.41, 5.74) is 0. The Morgan fingerprint density at radius 3 is 1.62 bits per heavy atom. The molecule has 4 fully saturated rings. The molecular weight excluding hydrogens is 736 g/mol. The van der Waals surface area contributed by atoms with E-state index in [0.29, 0.717) is 11.8 Å². The summed E-state index contributed by atoms with van der Waals surface area (Å²) >= 11 is 26.5. The van der Waals surface area contributed by atoms with Crippen LogP contribution in [0.1, 0.15) is 46.0 Å². The number of halogens is 4. The summed E-state index contributed by atoms with van der Waals surface area (Å²) in [6, 6.07) is 0. The van der Waals surface area contributed by atoms with Crippen molar-refractivity contribution >= 4 is 46.8 Å². The third-order valence-corrected chi connectivity index (χ3v) is 11.4. The largest absolute Gasteiger partial charge is 2.00 e. The molecule has 4 saturated heterocycles. The van der Waals surface area contributed by atoms with Crippen LogP contribution in [0.4, 0.5) is 0 Å². The van der Waals surface area contributed by atoms with E-state index in [4.69, 9.17) is 46.8 Å². The number of rotatable bonds is 3. The zero-order chi connectivity index (χ0) is 31.2. The smallest absolute Gasteiger partial charge is 0.305 e. The number of unbranched alkanes of at least 4 members (excludes halogenated alkanes) is 1. The third-order valence-electron chi connectivity index (χ3n) is 9.58. The molecule has 6 unspecified atom stereocenters. The average Bonchev–Trinajstić information content (AvgIpc) is 2.96. The molecule has 8 nitrogen and oxygen atoms in total. The van der Waals surface area contributed by atoms with Gasteiger partial charge in [0, 0.05) is 117 Å². The molecule has 0 amide bonds. The van der Waals surface area contributed by atoms with E-state index < -0.39 is 4.46 Å². The minimum absolute atomic E-state index is 0. The first-order chi connectivity index (χ1) is 20.6. The maximum Gasteiger partial charge on any atom is 2.00 e. The van der Waals surface area contributed by atoms with Crippen molar-refractivity contribution in [3.05, 3.63) is 0 Å². The van der Waals surface area contributed by atoms with Gasteiger partial charge in [0.2, 0.25) is 0 Å². The molecule has 0 aliphatic carbocycles. The number of hydrogen-bond donors (Lipinski definition) is 0. The number of likely N-dealkylation sites (N-methyl/N-ethyl adjacent to an activating group) is 2. The molecule has 0 spiro atoms. The monoisotopic (exact) mass is 796 g/mol. The second-order valence-corrected chi connectivity index (χ2v) is 15.9. The molecule has 4 rings (SSSR count). The minimum atomic E-state index is -0.780. The van der Waals surface area contributed by atoms with Gasteiger partial charge in [-0.25, -0.2) is 8.84 Å². The van der Waals surface area contributed by atoms with E-state index in [1.54, 1.807) is 0 Å². The van der Waals surface area contributed by atoms with Gasteiger partial charge in [-0.2, -0.15) is 0 Å². The summed E-state index contributed by atoms with van der Waals surface area (Å²) in [6.07, 6.45) is 5.77. The maximum atomic E-state index is 7.06. The van der Waals surface area contributed by atoms with Gasteiger partial charge in [-0.1, -0.05) is 49.9 Å². The van der Waals surface area contributed by atoms with Crippen LogP contribution in [0.3, 0.4) is 0 Å². The third kappa shape index (κ3) is 17.1. The van der Waals surface area contributed by atoms with Crippen LogP contribution in [-0.4, -0.2) is 181 Å². The quantitative estimate of drug-likeness (QED) is 0.180. The van der Waals surface area contributed by atoms with Crippen LogP contribution in [-0.2, 0) is 34.1 Å². The Morgan fingerprint density at radius 2 is 1.04 bits per heavy atom. The first-order valence-corrected chi connectivity index (χ1v) is 18.5. The molecule has 4 heterocycles. The van der Waals surface area contributed by atoms with E-state index in [1.807, 2.05) is 8.84 Å². The molecule has 0 N–H and O–H groups in total. The van der Waals surface area contributed by atoms with Gasteiger partial charge in [0.25, 0.3) is 0 Å². The summed E-state index contributed by atoms with van der Waals surface area (Å²) in [4.78, 5) is 14.8. The van der Waals surface area contributed by atoms with Crippen molar-refractivity contribution < 1.29 is 34.1 Å². The molecular formula is C31H62Cl4Mn2N8+4. The molecule has 4 aliphatic rings. The topological polar surface area (TPSA) is 25.9 Å². The summed E-state index contributed by atoms with van der Waals surface area (Å²) in [7, 11) is 4.44. The maximum absolute atomic E-state index is 7.06. The number of hydrogen-bond acceptors (Lipinski definition) is 8. The molecule has 0 aromatic carbocycles. The van der Waals surface area contributed by atoms with Crippen LogP contribution >= 0.6 is 46.8 Å². The van der Waals surface area contributed by atoms with Crippen LogP contribution in [0, 0.1) is 11.8 Å². The molecule has 264 valence electrons. The Labute approximate surface area is 317 Å². The number of nitrogens with zero attached hydrogens (tertiary/aromatic N) is 8. The van der Waals surface area contributed by atoms with Gasteiger partial charge >= 0.3 is 34.1 Å². The molecule has 4 bridgehead atoms. The van der Waals surface area contributed by atoms with Crippen LogP contribution in [0.2, 0.25) is 0 Å². The molecule has 45 heavy (non-hydrogen) atoms. The van der Waals surface area contributed by atoms with Crippen molar-refractivity contribution in [2.75, 3.05) is 138 Å². The van der Waals surface area contributed by atoms with Crippen molar-refractivity contribution in [1.82, 2.24) is 38.2 Å². The molecule has 0 aromatic rings. The Morgan fingerprint density at radius 1 is 0.578 bits per heavy atom. The predicted molar refractivity (Wildman–Crippen MR) is 187 cm³/mol. The van der Waals surface area contributed by atoms with Gasteiger partial charge in [0.1, 0.15) is 0 Å². The first-order valence-electron chi connectivity index (χ1n) is 17.0. The van der Waals surface area contributed by atoms with E-state index in [0.717, 1.165) is 144 Å². The minimum Gasteiger partial charge on any atom is -0.305 e. The van der Waals surface area contributed by atoms with Crippen molar-refractivity contribution in [2.45, 2.75) is 50.4 Å².